The quantitative estimate of drug-likeness (QED) is 0.662. The van der Waals surface area contributed by atoms with Crippen LogP contribution in [0.4, 0.5) is 0 Å². The Kier molecular flexibility index (Phi) is 5.19. The Morgan fingerprint density at radius 1 is 1.20 bits per heavy atom. The summed E-state index contributed by atoms with van der Waals surface area (Å²) in [4.78, 5) is 0. The zero-order chi connectivity index (χ0) is 11.1. The minimum absolute atomic E-state index is 0.279. The number of benzene rings is 1. The summed E-state index contributed by atoms with van der Waals surface area (Å²) < 4.78 is 5.76. The molecule has 0 heterocycles. The zero-order valence-electron chi connectivity index (χ0n) is 9.62. The summed E-state index contributed by atoms with van der Waals surface area (Å²) in [5, 5.41) is 0. The molecule has 0 amide bonds. The average molecular weight is 219 g/mol. The maximum absolute atomic E-state index is 5.76. The van der Waals surface area contributed by atoms with Gasteiger partial charge in [0.15, 0.2) is 0 Å². The van der Waals surface area contributed by atoms with E-state index in [1.54, 1.807) is 0 Å². The van der Waals surface area contributed by atoms with E-state index in [0.29, 0.717) is 0 Å². The van der Waals surface area contributed by atoms with Crippen molar-refractivity contribution in [3.05, 3.63) is 36.4 Å². The van der Waals surface area contributed by atoms with Crippen LogP contribution in [0.3, 0.4) is 0 Å². The van der Waals surface area contributed by atoms with Crippen LogP contribution in [-0.2, 0) is 0 Å². The molecule has 0 N–H and O–H groups in total. The van der Waals surface area contributed by atoms with Crippen LogP contribution in [-0.4, -0.2) is 15.0 Å². The maximum atomic E-state index is 5.76. The Morgan fingerprint density at radius 2 is 1.80 bits per heavy atom. The fourth-order valence-corrected chi connectivity index (χ4v) is 2.62. The van der Waals surface area contributed by atoms with Gasteiger partial charge in [0, 0.05) is 0 Å². The predicted molar refractivity (Wildman–Crippen MR) is 68.7 cm³/mol. The first-order valence-corrected chi connectivity index (χ1v) is 7.61. The summed E-state index contributed by atoms with van der Waals surface area (Å²) in [5.74, 6) is 0.977. The second-order valence-electron chi connectivity index (χ2n) is 3.52. The first kappa shape index (κ1) is 12.0. The highest BCUT2D eigenvalue weighted by Gasteiger charge is 2.06. The molecule has 1 aromatic rings. The van der Waals surface area contributed by atoms with Gasteiger partial charge >= 0.3 is 0 Å². The second-order valence-corrected chi connectivity index (χ2v) is 6.72. The minimum Gasteiger partial charge on any atom is -0.497 e. The van der Waals surface area contributed by atoms with Crippen LogP contribution in [0.5, 0.6) is 5.75 Å². The van der Waals surface area contributed by atoms with Crippen molar-refractivity contribution in [1.29, 1.82) is 0 Å². The molecule has 1 rings (SSSR count). The molecule has 0 aromatic heterocycles. The molecule has 0 aliphatic heterocycles. The van der Waals surface area contributed by atoms with E-state index in [2.05, 4.69) is 20.4 Å². The molecule has 0 fully saturated rings. The van der Waals surface area contributed by atoms with Crippen molar-refractivity contribution >= 4 is 14.9 Å². The molecule has 0 aliphatic rings. The summed E-state index contributed by atoms with van der Waals surface area (Å²) in [7, 11) is -0.279. The molecule has 1 radical (unpaired) electrons. The smallest absolute Gasteiger partial charge is 0.118 e. The first-order chi connectivity index (χ1) is 7.30. The molecule has 2 heteroatoms. The fourth-order valence-electron chi connectivity index (χ4n) is 1.34. The lowest BCUT2D eigenvalue weighted by atomic mass is 10.2. The Labute approximate surface area is 94.4 Å². The zero-order valence-corrected chi connectivity index (χ0v) is 10.6. The number of hydrogen-bond acceptors (Lipinski definition) is 1. The minimum atomic E-state index is -0.279. The Balaban J connectivity index is 2.46. The summed E-state index contributed by atoms with van der Waals surface area (Å²) in [6.07, 6.45) is 2.77. The molecule has 0 spiro atoms. The van der Waals surface area contributed by atoms with Gasteiger partial charge in [-0.05, 0) is 17.7 Å². The van der Waals surface area contributed by atoms with E-state index < -0.39 is 0 Å². The van der Waals surface area contributed by atoms with Gasteiger partial charge in [-0.15, -0.1) is 0 Å². The van der Waals surface area contributed by atoms with E-state index in [4.69, 9.17) is 4.74 Å². The van der Waals surface area contributed by atoms with Crippen LogP contribution in [0.15, 0.2) is 30.8 Å². The van der Waals surface area contributed by atoms with Crippen LogP contribution in [0.1, 0.15) is 19.4 Å². The van der Waals surface area contributed by atoms with Crippen LogP contribution >= 0.6 is 0 Å². The van der Waals surface area contributed by atoms with Crippen molar-refractivity contribution in [3.63, 3.8) is 0 Å². The number of hydrogen-bond donors (Lipinski definition) is 0. The molecule has 0 saturated carbocycles. The van der Waals surface area contributed by atoms with E-state index in [9.17, 15) is 0 Å². The lowest BCUT2D eigenvalue weighted by molar-refractivity contribution is 0.380. The van der Waals surface area contributed by atoms with E-state index in [-0.39, 0.29) is 8.80 Å². The van der Waals surface area contributed by atoms with E-state index in [1.807, 2.05) is 30.3 Å². The summed E-state index contributed by atoms with van der Waals surface area (Å²) >= 11 is 0. The lowest BCUT2D eigenvalue weighted by Gasteiger charge is -2.12. The number of ether oxygens (including phenoxy) is 1. The van der Waals surface area contributed by atoms with E-state index >= 15 is 0 Å². The molecular weight excluding hydrogens is 200 g/mol. The van der Waals surface area contributed by atoms with Crippen molar-refractivity contribution < 1.29 is 4.74 Å². The normalized spacial score (nSPS) is 10.3. The summed E-state index contributed by atoms with van der Waals surface area (Å²) in [5.41, 5.74) is 1.14. The van der Waals surface area contributed by atoms with Crippen LogP contribution < -0.4 is 4.74 Å². The molecule has 15 heavy (non-hydrogen) atoms. The molecular formula is C13H19OSi. The second kappa shape index (κ2) is 6.46. The van der Waals surface area contributed by atoms with E-state index in [0.717, 1.165) is 17.5 Å². The van der Waals surface area contributed by atoms with Crippen molar-refractivity contribution in [2.24, 2.45) is 0 Å². The van der Waals surface area contributed by atoms with Gasteiger partial charge in [0.2, 0.25) is 0 Å². The fraction of sp³-hybridized carbons (Fsp3) is 0.385. The van der Waals surface area contributed by atoms with Gasteiger partial charge in [0.1, 0.15) is 5.75 Å². The molecule has 1 aromatic carbocycles. The van der Waals surface area contributed by atoms with Crippen molar-refractivity contribution in [2.45, 2.75) is 25.9 Å². The largest absolute Gasteiger partial charge is 0.497 e. The van der Waals surface area contributed by atoms with Gasteiger partial charge in [-0.1, -0.05) is 50.7 Å². The van der Waals surface area contributed by atoms with Crippen molar-refractivity contribution in [1.82, 2.24) is 0 Å². The SMILES string of the molecule is C=Cc1ccc(OC[Si](CC)CC)cc1. The third kappa shape index (κ3) is 3.92. The van der Waals surface area contributed by atoms with Crippen LogP contribution in [0.2, 0.25) is 12.1 Å². The third-order valence-electron chi connectivity index (χ3n) is 2.56. The summed E-state index contributed by atoms with van der Waals surface area (Å²) in [6, 6.07) is 10.7. The highest BCUT2D eigenvalue weighted by atomic mass is 28.3. The lowest BCUT2D eigenvalue weighted by Crippen LogP contribution is -2.20. The Bertz CT molecular complexity index is 288. The monoisotopic (exact) mass is 219 g/mol. The van der Waals surface area contributed by atoms with Crippen LogP contribution in [0.25, 0.3) is 6.08 Å². The van der Waals surface area contributed by atoms with E-state index in [1.165, 1.54) is 12.1 Å². The van der Waals surface area contributed by atoms with Gasteiger partial charge in [0.05, 0.1) is 15.0 Å². The summed E-state index contributed by atoms with van der Waals surface area (Å²) in [6.45, 7) is 8.23. The first-order valence-electron chi connectivity index (χ1n) is 5.49. The molecule has 0 atom stereocenters. The molecule has 1 nitrogen and oxygen atoms in total. The van der Waals surface area contributed by atoms with Gasteiger partial charge in [0.25, 0.3) is 0 Å². The van der Waals surface area contributed by atoms with Crippen LogP contribution in [0, 0.1) is 0 Å². The van der Waals surface area contributed by atoms with Gasteiger partial charge in [-0.25, -0.2) is 0 Å². The number of rotatable bonds is 6. The van der Waals surface area contributed by atoms with Gasteiger partial charge < -0.3 is 4.74 Å². The average Bonchev–Trinajstić information content (AvgIpc) is 2.31. The Morgan fingerprint density at radius 3 is 2.27 bits per heavy atom. The maximum Gasteiger partial charge on any atom is 0.118 e. The Hall–Kier alpha value is -1.02. The molecule has 0 unspecified atom stereocenters. The molecule has 0 bridgehead atoms. The molecule has 0 aliphatic carbocycles. The third-order valence-corrected chi connectivity index (χ3v) is 5.11. The van der Waals surface area contributed by atoms with Gasteiger partial charge in [-0.3, -0.25) is 0 Å². The van der Waals surface area contributed by atoms with Crippen molar-refractivity contribution in [3.8, 4) is 5.75 Å². The molecule has 81 valence electrons. The van der Waals surface area contributed by atoms with Gasteiger partial charge in [-0.2, -0.15) is 0 Å². The predicted octanol–water partition coefficient (Wildman–Crippen LogP) is 3.78. The molecule has 0 saturated heterocycles. The highest BCUT2D eigenvalue weighted by molar-refractivity contribution is 6.58. The standard InChI is InChI=1S/C13H19OSi/c1-4-12-7-9-13(10-8-12)14-11-15(5-2)6-3/h4,7-10H,1,5-6,11H2,2-3H3. The topological polar surface area (TPSA) is 9.23 Å². The highest BCUT2D eigenvalue weighted by Crippen LogP contribution is 2.13. The van der Waals surface area contributed by atoms with Crippen molar-refractivity contribution in [2.75, 3.05) is 6.23 Å².